The van der Waals surface area contributed by atoms with Gasteiger partial charge in [0.2, 0.25) is 0 Å². The molecule has 0 saturated heterocycles. The molecule has 0 spiro atoms. The lowest BCUT2D eigenvalue weighted by Crippen LogP contribution is -2.44. The van der Waals surface area contributed by atoms with Gasteiger partial charge >= 0.3 is 0 Å². The second-order valence-corrected chi connectivity index (χ2v) is 6.30. The lowest BCUT2D eigenvalue weighted by molar-refractivity contribution is 0.0119. The Hall–Kier alpha value is -0.560. The summed E-state index contributed by atoms with van der Waals surface area (Å²) < 4.78 is 0. The van der Waals surface area contributed by atoms with E-state index in [1.54, 1.807) is 0 Å². The first-order chi connectivity index (χ1) is 7.42. The van der Waals surface area contributed by atoms with Crippen molar-refractivity contribution < 1.29 is 5.11 Å². The number of allylic oxidation sites excluding steroid dienone is 2. The maximum absolute atomic E-state index is 9.94. The maximum atomic E-state index is 9.94. The highest BCUT2D eigenvalue weighted by Crippen LogP contribution is 2.56. The van der Waals surface area contributed by atoms with Gasteiger partial charge in [-0.2, -0.15) is 0 Å². The normalized spacial score (nSPS) is 41.9. The third-order valence-corrected chi connectivity index (χ3v) is 4.72. The van der Waals surface area contributed by atoms with Crippen molar-refractivity contribution in [2.75, 3.05) is 0 Å². The molecule has 2 aliphatic carbocycles. The van der Waals surface area contributed by atoms with E-state index in [1.807, 2.05) is 0 Å². The van der Waals surface area contributed by atoms with Crippen LogP contribution in [-0.2, 0) is 0 Å². The average Bonchev–Trinajstić information content (AvgIpc) is 2.24. The van der Waals surface area contributed by atoms with E-state index in [-0.39, 0.29) is 6.10 Å². The third-order valence-electron chi connectivity index (χ3n) is 4.72. The van der Waals surface area contributed by atoms with Gasteiger partial charge in [-0.05, 0) is 55.4 Å². The highest BCUT2D eigenvalue weighted by Gasteiger charge is 2.47. The maximum Gasteiger partial charge on any atom is 0.0750 e. The van der Waals surface area contributed by atoms with E-state index in [2.05, 4.69) is 33.4 Å². The van der Waals surface area contributed by atoms with Crippen molar-refractivity contribution in [3.8, 4) is 0 Å². The number of aliphatic hydroxyl groups excluding tert-OH is 1. The second kappa shape index (κ2) is 4.03. The molecule has 0 aliphatic heterocycles. The Labute approximate surface area is 99.3 Å². The quantitative estimate of drug-likeness (QED) is 0.617. The first-order valence-corrected chi connectivity index (χ1v) is 6.44. The minimum atomic E-state index is -0.252. The standard InChI is InChI=1S/C15H24O/c1-10-6-8-14(16)11(2)5-7-13-12(10)9-15(13,3)4/h5,12-14,16H,1,6-9H2,2-4H3/b11-5-. The van der Waals surface area contributed by atoms with Gasteiger partial charge in [0.25, 0.3) is 0 Å². The number of aliphatic hydroxyl groups is 1. The fourth-order valence-electron chi connectivity index (χ4n) is 3.34. The Morgan fingerprint density at radius 2 is 2.12 bits per heavy atom. The molecular formula is C15H24O. The molecule has 3 unspecified atom stereocenters. The van der Waals surface area contributed by atoms with Gasteiger partial charge in [-0.1, -0.05) is 32.1 Å². The summed E-state index contributed by atoms with van der Waals surface area (Å²) in [6.07, 6.45) is 6.23. The van der Waals surface area contributed by atoms with Crippen LogP contribution in [-0.4, -0.2) is 11.2 Å². The molecule has 1 fully saturated rings. The van der Waals surface area contributed by atoms with Crippen LogP contribution in [0.3, 0.4) is 0 Å². The van der Waals surface area contributed by atoms with Gasteiger partial charge in [0.05, 0.1) is 6.10 Å². The smallest absolute Gasteiger partial charge is 0.0750 e. The number of hydrogen-bond donors (Lipinski definition) is 1. The van der Waals surface area contributed by atoms with Crippen LogP contribution < -0.4 is 0 Å². The molecule has 2 rings (SSSR count). The van der Waals surface area contributed by atoms with Gasteiger partial charge in [0, 0.05) is 0 Å². The van der Waals surface area contributed by atoms with Crippen LogP contribution in [0.1, 0.15) is 46.5 Å². The van der Waals surface area contributed by atoms with E-state index < -0.39 is 0 Å². The molecule has 0 radical (unpaired) electrons. The van der Waals surface area contributed by atoms with Gasteiger partial charge < -0.3 is 5.11 Å². The van der Waals surface area contributed by atoms with Crippen molar-refractivity contribution in [3.05, 3.63) is 23.8 Å². The summed E-state index contributed by atoms with van der Waals surface area (Å²) in [5, 5.41) is 9.94. The Morgan fingerprint density at radius 3 is 2.75 bits per heavy atom. The summed E-state index contributed by atoms with van der Waals surface area (Å²) in [7, 11) is 0. The van der Waals surface area contributed by atoms with Crippen LogP contribution in [0, 0.1) is 17.3 Å². The molecular weight excluding hydrogens is 196 g/mol. The molecule has 1 N–H and O–H groups in total. The molecule has 0 heterocycles. The van der Waals surface area contributed by atoms with Gasteiger partial charge in [0.1, 0.15) is 0 Å². The van der Waals surface area contributed by atoms with Crippen LogP contribution in [0.15, 0.2) is 23.8 Å². The summed E-state index contributed by atoms with van der Waals surface area (Å²) in [6.45, 7) is 11.0. The minimum absolute atomic E-state index is 0.252. The van der Waals surface area contributed by atoms with E-state index in [9.17, 15) is 5.11 Å². The third kappa shape index (κ3) is 1.98. The van der Waals surface area contributed by atoms with E-state index in [1.165, 1.54) is 12.0 Å². The zero-order valence-electron chi connectivity index (χ0n) is 10.8. The van der Waals surface area contributed by atoms with E-state index in [0.29, 0.717) is 11.3 Å². The lowest BCUT2D eigenvalue weighted by atomic mass is 9.52. The molecule has 1 saturated carbocycles. The monoisotopic (exact) mass is 220 g/mol. The topological polar surface area (TPSA) is 20.2 Å². The number of hydrogen-bond acceptors (Lipinski definition) is 1. The summed E-state index contributed by atoms with van der Waals surface area (Å²) in [5.41, 5.74) is 2.97. The first kappa shape index (κ1) is 11.9. The largest absolute Gasteiger partial charge is 0.389 e. The Kier molecular flexibility index (Phi) is 3.00. The zero-order valence-corrected chi connectivity index (χ0v) is 10.8. The fourth-order valence-corrected chi connectivity index (χ4v) is 3.34. The molecule has 2 aliphatic rings. The molecule has 3 atom stereocenters. The molecule has 1 heteroatoms. The van der Waals surface area contributed by atoms with E-state index in [4.69, 9.17) is 0 Å². The van der Waals surface area contributed by atoms with Crippen molar-refractivity contribution in [2.45, 2.75) is 52.6 Å². The molecule has 0 bridgehead atoms. The summed E-state index contributed by atoms with van der Waals surface area (Å²) in [6, 6.07) is 0. The highest BCUT2D eigenvalue weighted by molar-refractivity contribution is 5.18. The molecule has 90 valence electrons. The molecule has 16 heavy (non-hydrogen) atoms. The first-order valence-electron chi connectivity index (χ1n) is 6.44. The van der Waals surface area contributed by atoms with Gasteiger partial charge in [0.15, 0.2) is 0 Å². The molecule has 0 amide bonds. The van der Waals surface area contributed by atoms with E-state index in [0.717, 1.165) is 30.8 Å². The number of fused-ring (bicyclic) bond motifs is 1. The molecule has 0 aromatic carbocycles. The summed E-state index contributed by atoms with van der Waals surface area (Å²) in [4.78, 5) is 0. The van der Waals surface area contributed by atoms with Crippen molar-refractivity contribution in [1.29, 1.82) is 0 Å². The average molecular weight is 220 g/mol. The molecule has 0 aromatic heterocycles. The Bertz CT molecular complexity index is 324. The van der Waals surface area contributed by atoms with Crippen LogP contribution in [0.25, 0.3) is 0 Å². The summed E-state index contributed by atoms with van der Waals surface area (Å²) in [5.74, 6) is 1.43. The van der Waals surface area contributed by atoms with Crippen LogP contribution in [0.5, 0.6) is 0 Å². The Morgan fingerprint density at radius 1 is 1.44 bits per heavy atom. The molecule has 0 aromatic rings. The van der Waals surface area contributed by atoms with Crippen LogP contribution in [0.4, 0.5) is 0 Å². The van der Waals surface area contributed by atoms with Crippen LogP contribution in [0.2, 0.25) is 0 Å². The fraction of sp³-hybridized carbons (Fsp3) is 0.733. The highest BCUT2D eigenvalue weighted by atomic mass is 16.3. The van der Waals surface area contributed by atoms with Crippen LogP contribution >= 0.6 is 0 Å². The SMILES string of the molecule is C=C1CCC(O)/C(C)=C\CC2C1CC2(C)C. The summed E-state index contributed by atoms with van der Waals surface area (Å²) >= 11 is 0. The zero-order chi connectivity index (χ0) is 11.9. The van der Waals surface area contributed by atoms with Crippen molar-refractivity contribution >= 4 is 0 Å². The predicted octanol–water partition coefficient (Wildman–Crippen LogP) is 3.70. The van der Waals surface area contributed by atoms with Gasteiger partial charge in [-0.3, -0.25) is 0 Å². The van der Waals surface area contributed by atoms with Crippen molar-refractivity contribution in [1.82, 2.24) is 0 Å². The minimum Gasteiger partial charge on any atom is -0.389 e. The van der Waals surface area contributed by atoms with Gasteiger partial charge in [-0.25, -0.2) is 0 Å². The van der Waals surface area contributed by atoms with E-state index >= 15 is 0 Å². The molecule has 1 nitrogen and oxygen atoms in total. The van der Waals surface area contributed by atoms with Crippen molar-refractivity contribution in [3.63, 3.8) is 0 Å². The lowest BCUT2D eigenvalue weighted by Gasteiger charge is -2.52. The predicted molar refractivity (Wildman–Crippen MR) is 68.1 cm³/mol. The second-order valence-electron chi connectivity index (χ2n) is 6.30. The van der Waals surface area contributed by atoms with Crippen molar-refractivity contribution in [2.24, 2.45) is 17.3 Å². The number of rotatable bonds is 0. The Balaban J connectivity index is 2.18. The van der Waals surface area contributed by atoms with Gasteiger partial charge in [-0.15, -0.1) is 0 Å².